The molecule has 0 saturated carbocycles. The average molecular weight is 371 g/mol. The van der Waals surface area contributed by atoms with Gasteiger partial charge in [0.2, 0.25) is 0 Å². The summed E-state index contributed by atoms with van der Waals surface area (Å²) in [6.45, 7) is 1.96. The summed E-state index contributed by atoms with van der Waals surface area (Å²) in [5, 5.41) is 0. The molecule has 0 aliphatic heterocycles. The lowest BCUT2D eigenvalue weighted by Gasteiger charge is -2.08. The number of halogens is 1. The summed E-state index contributed by atoms with van der Waals surface area (Å²) in [5.74, 6) is 0.528. The van der Waals surface area contributed by atoms with Crippen molar-refractivity contribution >= 4 is 34.4 Å². The van der Waals surface area contributed by atoms with E-state index in [4.69, 9.17) is 5.73 Å². The number of benzene rings is 1. The molecule has 0 spiro atoms. The van der Waals surface area contributed by atoms with Crippen molar-refractivity contribution in [3.05, 3.63) is 39.4 Å². The fourth-order valence-electron chi connectivity index (χ4n) is 1.84. The van der Waals surface area contributed by atoms with Gasteiger partial charge in [-0.25, -0.2) is 9.78 Å². The number of aryl methyl sites for hydroxylation is 1. The Balaban J connectivity index is 2.59. The molecular formula is C13H14IN3O2. The van der Waals surface area contributed by atoms with E-state index in [0.717, 1.165) is 15.1 Å². The Hall–Kier alpha value is -1.57. The van der Waals surface area contributed by atoms with Crippen LogP contribution in [0.2, 0.25) is 0 Å². The number of anilines is 1. The summed E-state index contributed by atoms with van der Waals surface area (Å²) in [6.07, 6.45) is 0.674. The van der Waals surface area contributed by atoms with E-state index in [-0.39, 0.29) is 5.69 Å². The van der Waals surface area contributed by atoms with Crippen LogP contribution in [0.5, 0.6) is 0 Å². The van der Waals surface area contributed by atoms with E-state index in [9.17, 15) is 4.79 Å². The van der Waals surface area contributed by atoms with Gasteiger partial charge in [0, 0.05) is 15.7 Å². The first-order valence-electron chi connectivity index (χ1n) is 5.79. The molecule has 0 aliphatic rings. The van der Waals surface area contributed by atoms with Crippen LogP contribution in [0.15, 0.2) is 24.3 Å². The molecule has 1 aromatic heterocycles. The van der Waals surface area contributed by atoms with Gasteiger partial charge in [-0.3, -0.25) is 4.57 Å². The number of nitrogens with zero attached hydrogens (tertiary/aromatic N) is 2. The van der Waals surface area contributed by atoms with Crippen molar-refractivity contribution in [2.45, 2.75) is 13.3 Å². The highest BCUT2D eigenvalue weighted by atomic mass is 127. The molecule has 0 radical (unpaired) electrons. The molecule has 2 N–H and O–H groups in total. The maximum Gasteiger partial charge on any atom is 0.360 e. The Morgan fingerprint density at radius 2 is 2.05 bits per heavy atom. The molecule has 0 bridgehead atoms. The highest BCUT2D eigenvalue weighted by Gasteiger charge is 2.20. The Morgan fingerprint density at radius 1 is 1.42 bits per heavy atom. The fourth-order valence-corrected chi connectivity index (χ4v) is 2.20. The van der Waals surface area contributed by atoms with Crippen LogP contribution in [0, 0.1) is 3.57 Å². The second-order valence-corrected chi connectivity index (χ2v) is 5.16. The van der Waals surface area contributed by atoms with Crippen molar-refractivity contribution in [2.75, 3.05) is 12.8 Å². The largest absolute Gasteiger partial charge is 0.464 e. The van der Waals surface area contributed by atoms with Crippen LogP contribution < -0.4 is 5.73 Å². The van der Waals surface area contributed by atoms with Crippen LogP contribution in [0.1, 0.15) is 23.2 Å². The third-order valence-electron chi connectivity index (χ3n) is 2.76. The topological polar surface area (TPSA) is 70.1 Å². The van der Waals surface area contributed by atoms with E-state index in [1.54, 1.807) is 4.57 Å². The molecule has 100 valence electrons. The third kappa shape index (κ3) is 2.58. The van der Waals surface area contributed by atoms with Gasteiger partial charge in [0.1, 0.15) is 11.6 Å². The van der Waals surface area contributed by atoms with Crippen LogP contribution in [0.25, 0.3) is 5.69 Å². The quantitative estimate of drug-likeness (QED) is 0.665. The Labute approximate surface area is 124 Å². The predicted molar refractivity (Wildman–Crippen MR) is 81.4 cm³/mol. The maximum absolute atomic E-state index is 11.6. The molecular weight excluding hydrogens is 357 g/mol. The molecule has 2 aromatic rings. The molecule has 1 heterocycles. The number of imidazole rings is 1. The molecule has 0 aliphatic carbocycles. The number of ether oxygens (including phenoxy) is 1. The van der Waals surface area contributed by atoms with E-state index in [1.807, 2.05) is 31.2 Å². The molecule has 19 heavy (non-hydrogen) atoms. The highest BCUT2D eigenvalue weighted by molar-refractivity contribution is 14.1. The highest BCUT2D eigenvalue weighted by Crippen LogP contribution is 2.22. The lowest BCUT2D eigenvalue weighted by Crippen LogP contribution is -2.08. The molecule has 5 nitrogen and oxygen atoms in total. The minimum Gasteiger partial charge on any atom is -0.464 e. The van der Waals surface area contributed by atoms with E-state index >= 15 is 0 Å². The van der Waals surface area contributed by atoms with Gasteiger partial charge in [0.05, 0.1) is 7.11 Å². The van der Waals surface area contributed by atoms with Gasteiger partial charge in [-0.2, -0.15) is 0 Å². The first-order chi connectivity index (χ1) is 9.08. The van der Waals surface area contributed by atoms with Crippen molar-refractivity contribution in [3.63, 3.8) is 0 Å². The molecule has 0 amide bonds. The summed E-state index contributed by atoms with van der Waals surface area (Å²) < 4.78 is 7.60. The van der Waals surface area contributed by atoms with E-state index < -0.39 is 5.97 Å². The molecule has 0 atom stereocenters. The Bertz CT molecular complexity index is 605. The lowest BCUT2D eigenvalue weighted by molar-refractivity contribution is 0.0596. The zero-order valence-electron chi connectivity index (χ0n) is 10.7. The van der Waals surface area contributed by atoms with Crippen molar-refractivity contribution in [2.24, 2.45) is 0 Å². The number of esters is 1. The molecule has 0 fully saturated rings. The van der Waals surface area contributed by atoms with Crippen molar-refractivity contribution in [3.8, 4) is 5.69 Å². The Kier molecular flexibility index (Phi) is 4.08. The van der Waals surface area contributed by atoms with Gasteiger partial charge >= 0.3 is 5.97 Å². The minimum atomic E-state index is -0.517. The van der Waals surface area contributed by atoms with Gasteiger partial charge in [0.15, 0.2) is 5.69 Å². The molecule has 0 saturated heterocycles. The van der Waals surface area contributed by atoms with Gasteiger partial charge in [-0.15, -0.1) is 0 Å². The van der Waals surface area contributed by atoms with Crippen molar-refractivity contribution < 1.29 is 9.53 Å². The monoisotopic (exact) mass is 371 g/mol. The molecule has 1 aromatic carbocycles. The second-order valence-electron chi connectivity index (χ2n) is 3.92. The van der Waals surface area contributed by atoms with Gasteiger partial charge in [0.25, 0.3) is 0 Å². The summed E-state index contributed by atoms with van der Waals surface area (Å²) in [7, 11) is 1.32. The van der Waals surface area contributed by atoms with Crippen molar-refractivity contribution in [1.82, 2.24) is 9.55 Å². The fraction of sp³-hybridized carbons (Fsp3) is 0.231. The zero-order valence-corrected chi connectivity index (χ0v) is 12.8. The SMILES string of the molecule is CCc1nc(C(=O)OC)c(N)n1-c1ccc(I)cc1. The predicted octanol–water partition coefficient (Wildman–Crippen LogP) is 2.41. The number of carbonyl (C=O) groups is 1. The number of hydrogen-bond donors (Lipinski definition) is 1. The van der Waals surface area contributed by atoms with Crippen LogP contribution >= 0.6 is 22.6 Å². The Morgan fingerprint density at radius 3 is 2.58 bits per heavy atom. The number of nitrogens with two attached hydrogens (primary N) is 1. The normalized spacial score (nSPS) is 10.5. The number of rotatable bonds is 3. The van der Waals surface area contributed by atoms with E-state index in [0.29, 0.717) is 12.2 Å². The smallest absolute Gasteiger partial charge is 0.360 e. The standard InChI is InChI=1S/C13H14IN3O2/c1-3-10-16-11(13(18)19-2)12(15)17(10)9-6-4-8(14)5-7-9/h4-7H,3,15H2,1-2H3. The molecule has 6 heteroatoms. The summed E-state index contributed by atoms with van der Waals surface area (Å²) in [4.78, 5) is 15.9. The summed E-state index contributed by atoms with van der Waals surface area (Å²) in [6, 6.07) is 7.85. The number of carbonyl (C=O) groups excluding carboxylic acids is 1. The van der Waals surface area contributed by atoms with Gasteiger partial charge < -0.3 is 10.5 Å². The summed E-state index contributed by atoms with van der Waals surface area (Å²) in [5.41, 5.74) is 7.08. The lowest BCUT2D eigenvalue weighted by atomic mass is 10.3. The van der Waals surface area contributed by atoms with Crippen LogP contribution in [-0.4, -0.2) is 22.6 Å². The first kappa shape index (κ1) is 13.9. The first-order valence-corrected chi connectivity index (χ1v) is 6.87. The van der Waals surface area contributed by atoms with Crippen LogP contribution in [0.3, 0.4) is 0 Å². The number of nitrogen functional groups attached to an aromatic ring is 1. The van der Waals surface area contributed by atoms with Crippen LogP contribution in [0.4, 0.5) is 5.82 Å². The minimum absolute atomic E-state index is 0.165. The molecule has 0 unspecified atom stereocenters. The third-order valence-corrected chi connectivity index (χ3v) is 3.48. The average Bonchev–Trinajstić information content (AvgIpc) is 2.76. The van der Waals surface area contributed by atoms with Crippen molar-refractivity contribution in [1.29, 1.82) is 0 Å². The second kappa shape index (κ2) is 5.60. The van der Waals surface area contributed by atoms with E-state index in [1.165, 1.54) is 7.11 Å². The van der Waals surface area contributed by atoms with Gasteiger partial charge in [-0.05, 0) is 46.9 Å². The zero-order chi connectivity index (χ0) is 14.0. The van der Waals surface area contributed by atoms with Crippen LogP contribution in [-0.2, 0) is 11.2 Å². The maximum atomic E-state index is 11.6. The van der Waals surface area contributed by atoms with Gasteiger partial charge in [-0.1, -0.05) is 6.92 Å². The summed E-state index contributed by atoms with van der Waals surface area (Å²) >= 11 is 2.23. The number of hydrogen-bond acceptors (Lipinski definition) is 4. The number of methoxy groups -OCH3 is 1. The molecule has 2 rings (SSSR count). The van der Waals surface area contributed by atoms with E-state index in [2.05, 4.69) is 32.3 Å². The number of aromatic nitrogens is 2.